The summed E-state index contributed by atoms with van der Waals surface area (Å²) < 4.78 is 5.40. The zero-order valence-electron chi connectivity index (χ0n) is 10.8. The minimum Gasteiger partial charge on any atom is -0.466 e. The van der Waals surface area contributed by atoms with E-state index in [0.717, 1.165) is 16.7 Å². The van der Waals surface area contributed by atoms with Crippen LogP contribution in [0, 0.1) is 13.8 Å². The van der Waals surface area contributed by atoms with Gasteiger partial charge in [0.2, 0.25) is 0 Å². The summed E-state index contributed by atoms with van der Waals surface area (Å²) in [5.41, 5.74) is 2.08. The molecule has 0 bridgehead atoms. The summed E-state index contributed by atoms with van der Waals surface area (Å²) in [5, 5.41) is 0.964. The number of ketones is 1. The molecule has 3 heteroatoms. The topological polar surface area (TPSA) is 43.1 Å². The molecule has 19 heavy (non-hydrogen) atoms. The van der Waals surface area contributed by atoms with Crippen LogP contribution in [0.15, 0.2) is 47.0 Å². The molecule has 0 saturated carbocycles. The molecule has 94 valence electrons. The summed E-state index contributed by atoms with van der Waals surface area (Å²) in [6.45, 7) is 3.64. The molecule has 1 aromatic carbocycles. The van der Waals surface area contributed by atoms with E-state index in [1.165, 1.54) is 0 Å². The molecular formula is C16H13NO2. The number of hydrogen-bond donors (Lipinski definition) is 0. The number of rotatable bonds is 2. The third kappa shape index (κ3) is 2.03. The highest BCUT2D eigenvalue weighted by Crippen LogP contribution is 2.20. The van der Waals surface area contributed by atoms with Crippen LogP contribution >= 0.6 is 0 Å². The molecule has 0 radical (unpaired) electrons. The van der Waals surface area contributed by atoms with Gasteiger partial charge >= 0.3 is 0 Å². The van der Waals surface area contributed by atoms with Crippen LogP contribution in [-0.2, 0) is 0 Å². The molecule has 0 amide bonds. The molecule has 3 nitrogen and oxygen atoms in total. The Hall–Kier alpha value is -2.42. The highest BCUT2D eigenvalue weighted by Gasteiger charge is 2.16. The Morgan fingerprint density at radius 2 is 1.95 bits per heavy atom. The number of para-hydroxylation sites is 1. The van der Waals surface area contributed by atoms with Crippen LogP contribution < -0.4 is 0 Å². The van der Waals surface area contributed by atoms with Gasteiger partial charge in [-0.05, 0) is 32.0 Å². The van der Waals surface area contributed by atoms with Gasteiger partial charge in [0.25, 0.3) is 0 Å². The van der Waals surface area contributed by atoms with Gasteiger partial charge < -0.3 is 4.42 Å². The van der Waals surface area contributed by atoms with Crippen molar-refractivity contribution in [3.05, 3.63) is 65.2 Å². The number of hydrogen-bond acceptors (Lipinski definition) is 3. The standard InChI is InChI=1S/C16H13NO2/c1-10-7-14(11(2)19-10)16(18)13-8-12-5-3-4-6-15(12)17-9-13/h3-9H,1-2H3. The van der Waals surface area contributed by atoms with E-state index in [-0.39, 0.29) is 5.78 Å². The Balaban J connectivity index is 2.09. The Bertz CT molecular complexity index is 771. The Labute approximate surface area is 110 Å². The largest absolute Gasteiger partial charge is 0.466 e. The molecule has 0 N–H and O–H groups in total. The molecule has 0 spiro atoms. The maximum atomic E-state index is 12.4. The maximum Gasteiger partial charge on any atom is 0.198 e. The SMILES string of the molecule is Cc1cc(C(=O)c2cnc3ccccc3c2)c(C)o1. The summed E-state index contributed by atoms with van der Waals surface area (Å²) >= 11 is 0. The number of aromatic nitrogens is 1. The second kappa shape index (κ2) is 4.35. The summed E-state index contributed by atoms with van der Waals surface area (Å²) in [4.78, 5) is 16.7. The second-order valence-electron chi connectivity index (χ2n) is 4.57. The minimum absolute atomic E-state index is 0.0485. The first-order valence-corrected chi connectivity index (χ1v) is 6.11. The van der Waals surface area contributed by atoms with E-state index >= 15 is 0 Å². The summed E-state index contributed by atoms with van der Waals surface area (Å²) in [6, 6.07) is 11.4. The molecule has 0 aliphatic carbocycles. The van der Waals surface area contributed by atoms with Gasteiger partial charge in [-0.2, -0.15) is 0 Å². The lowest BCUT2D eigenvalue weighted by molar-refractivity contribution is 0.103. The first-order chi connectivity index (χ1) is 9.15. The van der Waals surface area contributed by atoms with Gasteiger partial charge in [0.05, 0.1) is 11.1 Å². The normalized spacial score (nSPS) is 10.8. The average molecular weight is 251 g/mol. The quantitative estimate of drug-likeness (QED) is 0.652. The lowest BCUT2D eigenvalue weighted by Crippen LogP contribution is -2.02. The summed E-state index contributed by atoms with van der Waals surface area (Å²) in [7, 11) is 0. The van der Waals surface area contributed by atoms with Gasteiger partial charge in [-0.1, -0.05) is 18.2 Å². The van der Waals surface area contributed by atoms with Crippen LogP contribution in [0.3, 0.4) is 0 Å². The van der Waals surface area contributed by atoms with Crippen molar-refractivity contribution >= 4 is 16.7 Å². The number of carbonyl (C=O) groups is 1. The fourth-order valence-corrected chi connectivity index (χ4v) is 2.21. The number of fused-ring (bicyclic) bond motifs is 1. The van der Waals surface area contributed by atoms with E-state index < -0.39 is 0 Å². The smallest absolute Gasteiger partial charge is 0.198 e. The van der Waals surface area contributed by atoms with E-state index in [2.05, 4.69) is 4.98 Å². The fraction of sp³-hybridized carbons (Fsp3) is 0.125. The van der Waals surface area contributed by atoms with Gasteiger partial charge in [-0.3, -0.25) is 9.78 Å². The second-order valence-corrected chi connectivity index (χ2v) is 4.57. The van der Waals surface area contributed by atoms with Crippen molar-refractivity contribution in [2.75, 3.05) is 0 Å². The van der Waals surface area contributed by atoms with Crippen molar-refractivity contribution in [1.29, 1.82) is 0 Å². The zero-order valence-corrected chi connectivity index (χ0v) is 10.8. The van der Waals surface area contributed by atoms with Gasteiger partial charge in [0.15, 0.2) is 5.78 Å². The van der Waals surface area contributed by atoms with E-state index in [4.69, 9.17) is 4.42 Å². The van der Waals surface area contributed by atoms with Gasteiger partial charge in [-0.25, -0.2) is 0 Å². The van der Waals surface area contributed by atoms with E-state index in [9.17, 15) is 4.79 Å². The van der Waals surface area contributed by atoms with Crippen LogP contribution in [0.2, 0.25) is 0 Å². The molecule has 0 aliphatic heterocycles. The first kappa shape index (κ1) is 11.7. The van der Waals surface area contributed by atoms with Crippen molar-refractivity contribution in [3.8, 4) is 0 Å². The molecule has 0 aliphatic rings. The van der Waals surface area contributed by atoms with Crippen LogP contribution in [0.5, 0.6) is 0 Å². The molecule has 0 atom stereocenters. The number of aryl methyl sites for hydroxylation is 2. The number of pyridine rings is 1. The van der Waals surface area contributed by atoms with Crippen molar-refractivity contribution in [3.63, 3.8) is 0 Å². The highest BCUT2D eigenvalue weighted by molar-refractivity contribution is 6.10. The Morgan fingerprint density at radius 3 is 2.68 bits per heavy atom. The predicted molar refractivity (Wildman–Crippen MR) is 73.4 cm³/mol. The number of carbonyl (C=O) groups excluding carboxylic acids is 1. The first-order valence-electron chi connectivity index (χ1n) is 6.11. The minimum atomic E-state index is -0.0485. The summed E-state index contributed by atoms with van der Waals surface area (Å²) in [6.07, 6.45) is 1.62. The molecule has 2 aromatic heterocycles. The van der Waals surface area contributed by atoms with Gasteiger partial charge in [0, 0.05) is 17.1 Å². The van der Waals surface area contributed by atoms with Crippen LogP contribution in [0.25, 0.3) is 10.9 Å². The third-order valence-electron chi connectivity index (χ3n) is 3.14. The monoisotopic (exact) mass is 251 g/mol. The lowest BCUT2D eigenvalue weighted by atomic mass is 10.0. The molecule has 0 fully saturated rings. The lowest BCUT2D eigenvalue weighted by Gasteiger charge is -2.01. The van der Waals surface area contributed by atoms with Crippen molar-refractivity contribution in [1.82, 2.24) is 4.98 Å². The maximum absolute atomic E-state index is 12.4. The van der Waals surface area contributed by atoms with Crippen molar-refractivity contribution in [2.24, 2.45) is 0 Å². The fourth-order valence-electron chi connectivity index (χ4n) is 2.21. The number of furan rings is 1. The molecule has 0 unspecified atom stereocenters. The van der Waals surface area contributed by atoms with Gasteiger partial charge in [-0.15, -0.1) is 0 Å². The predicted octanol–water partition coefficient (Wildman–Crippen LogP) is 3.68. The molecule has 3 aromatic rings. The highest BCUT2D eigenvalue weighted by atomic mass is 16.3. The van der Waals surface area contributed by atoms with Crippen molar-refractivity contribution < 1.29 is 9.21 Å². The molecule has 0 saturated heterocycles. The van der Waals surface area contributed by atoms with Gasteiger partial charge in [0.1, 0.15) is 11.5 Å². The number of benzene rings is 1. The van der Waals surface area contributed by atoms with Crippen LogP contribution in [-0.4, -0.2) is 10.8 Å². The Kier molecular flexibility index (Phi) is 2.67. The average Bonchev–Trinajstić information content (AvgIpc) is 2.76. The van der Waals surface area contributed by atoms with E-state index in [0.29, 0.717) is 16.9 Å². The molecular weight excluding hydrogens is 238 g/mol. The van der Waals surface area contributed by atoms with Crippen molar-refractivity contribution in [2.45, 2.75) is 13.8 Å². The van der Waals surface area contributed by atoms with Crippen LogP contribution in [0.4, 0.5) is 0 Å². The molecule has 3 rings (SSSR count). The zero-order chi connectivity index (χ0) is 13.4. The molecule has 2 heterocycles. The third-order valence-corrected chi connectivity index (χ3v) is 3.14. The summed E-state index contributed by atoms with van der Waals surface area (Å²) in [5.74, 6) is 1.35. The van der Waals surface area contributed by atoms with Crippen LogP contribution in [0.1, 0.15) is 27.4 Å². The van der Waals surface area contributed by atoms with E-state index in [1.807, 2.05) is 37.3 Å². The van der Waals surface area contributed by atoms with E-state index in [1.54, 1.807) is 19.2 Å². The number of nitrogens with zero attached hydrogens (tertiary/aromatic N) is 1. The Morgan fingerprint density at radius 1 is 1.16 bits per heavy atom.